The van der Waals surface area contributed by atoms with Crippen molar-refractivity contribution in [2.24, 2.45) is 5.92 Å². The van der Waals surface area contributed by atoms with Gasteiger partial charge in [0.05, 0.1) is 16.4 Å². The summed E-state index contributed by atoms with van der Waals surface area (Å²) in [5.74, 6) is -8.35. The van der Waals surface area contributed by atoms with Gasteiger partial charge in [0.2, 0.25) is 5.91 Å². The van der Waals surface area contributed by atoms with Crippen LogP contribution in [0.25, 0.3) is 32.9 Å². The summed E-state index contributed by atoms with van der Waals surface area (Å²) in [6.07, 6.45) is -1.71. The molecule has 0 unspecified atom stereocenters. The Morgan fingerprint density at radius 2 is 1.65 bits per heavy atom. The summed E-state index contributed by atoms with van der Waals surface area (Å²) < 4.78 is 105. The molecule has 3 aromatic carbocycles. The number of hydrogen-bond acceptors (Lipinski definition) is 9. The average Bonchev–Trinajstić information content (AvgIpc) is 4.10. The van der Waals surface area contributed by atoms with E-state index in [-0.39, 0.29) is 42.1 Å². The molecule has 0 spiro atoms. The van der Waals surface area contributed by atoms with Crippen LogP contribution in [0.3, 0.4) is 0 Å². The number of alkyl halides is 5. The van der Waals surface area contributed by atoms with E-state index in [1.165, 1.54) is 11.3 Å². The van der Waals surface area contributed by atoms with E-state index in [0.29, 0.717) is 70.0 Å². The molecule has 2 aliphatic heterocycles. The van der Waals surface area contributed by atoms with Gasteiger partial charge in [-0.3, -0.25) is 14.3 Å². The highest BCUT2D eigenvalue weighted by molar-refractivity contribution is 7.22. The number of carbonyl (C=O) groups is 2. The van der Waals surface area contributed by atoms with Crippen molar-refractivity contribution in [3.8, 4) is 22.5 Å². The van der Waals surface area contributed by atoms with Gasteiger partial charge in [0.1, 0.15) is 29.7 Å². The maximum Gasteiger partial charge on any atom is 0.435 e. The first-order valence-electron chi connectivity index (χ1n) is 21.3. The monoisotopic (exact) mass is 926 g/mol. The molecule has 20 heteroatoms. The van der Waals surface area contributed by atoms with Crippen molar-refractivity contribution >= 4 is 44.3 Å². The van der Waals surface area contributed by atoms with Gasteiger partial charge in [-0.05, 0) is 90.4 Å². The molecule has 6 heterocycles. The van der Waals surface area contributed by atoms with Crippen LogP contribution in [0.5, 0.6) is 0 Å². The molecule has 2 fully saturated rings. The van der Waals surface area contributed by atoms with Crippen molar-refractivity contribution in [3.05, 3.63) is 130 Å². The third-order valence-corrected chi connectivity index (χ3v) is 14.1. The summed E-state index contributed by atoms with van der Waals surface area (Å²) >= 11 is 1.38. The summed E-state index contributed by atoms with van der Waals surface area (Å²) in [6.45, 7) is 1.92. The van der Waals surface area contributed by atoms with E-state index in [2.05, 4.69) is 35.5 Å². The fourth-order valence-corrected chi connectivity index (χ4v) is 10.8. The summed E-state index contributed by atoms with van der Waals surface area (Å²) in [5, 5.41) is 9.76. The second kappa shape index (κ2) is 15.7. The average molecular weight is 927 g/mol. The standard InChI is InChI=1S/C46H37F7N10O2S/c47-27-15-23(16-28(48)19-27)17-34(57-36(64)22-63-40-37(39(60-63)46(51,52)53)30-7-8-33(30)45(40,49)50)38-31(25-1-2-26-21-56-43(65)32(26)18-25)20-35-42(58-38)59-44(66-35)62-13-11-61(12-14-62)29-5-3-24(4-6-29)41-54-9-10-55-41/h1-6,9-10,15-16,18-20,30,33-34H,7-8,11-14,17,21-22H2,(H,54,55)(H,56,65)(H,57,64)/t30-,33+,34-/m0/s1. The first kappa shape index (κ1) is 41.8. The van der Waals surface area contributed by atoms with Gasteiger partial charge >= 0.3 is 6.18 Å². The second-order valence-electron chi connectivity index (χ2n) is 17.0. The van der Waals surface area contributed by atoms with Crippen LogP contribution in [-0.4, -0.2) is 67.7 Å². The molecule has 2 amide bonds. The minimum atomic E-state index is -5.05. The molecule has 0 radical (unpaired) electrons. The van der Waals surface area contributed by atoms with E-state index in [1.54, 1.807) is 30.6 Å². The molecule has 1 saturated carbocycles. The Kier molecular flexibility index (Phi) is 9.93. The quantitative estimate of drug-likeness (QED) is 0.116. The molecule has 12 nitrogen and oxygen atoms in total. The lowest BCUT2D eigenvalue weighted by Gasteiger charge is -2.36. The molecule has 3 atom stereocenters. The normalized spacial score (nSPS) is 19.0. The van der Waals surface area contributed by atoms with Gasteiger partial charge in [0.25, 0.3) is 11.8 Å². The first-order chi connectivity index (χ1) is 31.7. The van der Waals surface area contributed by atoms with Crippen molar-refractivity contribution in [3.63, 3.8) is 0 Å². The van der Waals surface area contributed by atoms with E-state index >= 15 is 8.78 Å². The van der Waals surface area contributed by atoms with E-state index in [4.69, 9.17) is 9.97 Å². The number of nitrogens with one attached hydrogen (secondary N) is 3. The number of halogens is 7. The van der Waals surface area contributed by atoms with Crippen LogP contribution < -0.4 is 20.4 Å². The number of anilines is 2. The van der Waals surface area contributed by atoms with Crippen LogP contribution in [0, 0.1) is 17.6 Å². The fourth-order valence-electron chi connectivity index (χ4n) is 9.80. The molecule has 4 aliphatic rings. The predicted octanol–water partition coefficient (Wildman–Crippen LogP) is 8.51. The number of hydrogen-bond donors (Lipinski definition) is 3. The van der Waals surface area contributed by atoms with Crippen LogP contribution >= 0.6 is 11.3 Å². The zero-order chi connectivity index (χ0) is 45.6. The van der Waals surface area contributed by atoms with Crippen LogP contribution in [0.4, 0.5) is 41.6 Å². The van der Waals surface area contributed by atoms with E-state index in [1.807, 2.05) is 30.3 Å². The number of fused-ring (bicyclic) bond motifs is 5. The molecule has 4 aromatic heterocycles. The van der Waals surface area contributed by atoms with Crippen molar-refractivity contribution in [1.82, 2.24) is 40.3 Å². The van der Waals surface area contributed by atoms with Gasteiger partial charge in [0.15, 0.2) is 16.5 Å². The zero-order valence-electron chi connectivity index (χ0n) is 34.6. The molecule has 3 N–H and O–H groups in total. The Hall–Kier alpha value is -6.83. The number of amides is 2. The van der Waals surface area contributed by atoms with Gasteiger partial charge in [-0.2, -0.15) is 32.0 Å². The maximum absolute atomic E-state index is 15.8. The van der Waals surface area contributed by atoms with Gasteiger partial charge in [0, 0.05) is 85.0 Å². The van der Waals surface area contributed by atoms with Crippen LogP contribution in [0.1, 0.15) is 68.9 Å². The van der Waals surface area contributed by atoms with Crippen LogP contribution in [0.2, 0.25) is 0 Å². The minimum absolute atomic E-state index is 0.0278. The number of pyridine rings is 1. The topological polar surface area (TPSA) is 137 Å². The number of H-pyrrole nitrogens is 1. The smallest absolute Gasteiger partial charge is 0.368 e. The van der Waals surface area contributed by atoms with Crippen molar-refractivity contribution in [1.29, 1.82) is 0 Å². The third-order valence-electron chi connectivity index (χ3n) is 13.1. The highest BCUT2D eigenvalue weighted by Crippen LogP contribution is 2.64. The maximum atomic E-state index is 15.8. The fraction of sp³-hybridized carbons (Fsp3) is 0.304. The Labute approximate surface area is 374 Å². The molecule has 2 aliphatic carbocycles. The Bertz CT molecular complexity index is 3030. The van der Waals surface area contributed by atoms with Crippen LogP contribution in [-0.2, 0) is 36.4 Å². The van der Waals surface area contributed by atoms with Crippen molar-refractivity contribution in [2.45, 2.75) is 56.4 Å². The number of benzene rings is 3. The highest BCUT2D eigenvalue weighted by atomic mass is 32.1. The number of nitrogens with zero attached hydrogens (tertiary/aromatic N) is 7. The minimum Gasteiger partial charge on any atom is -0.368 e. The van der Waals surface area contributed by atoms with Gasteiger partial charge in [-0.1, -0.05) is 23.5 Å². The molecule has 0 bridgehead atoms. The first-order valence-corrected chi connectivity index (χ1v) is 22.1. The third kappa shape index (κ3) is 7.30. The number of rotatable bonds is 10. The van der Waals surface area contributed by atoms with Gasteiger partial charge in [-0.15, -0.1) is 0 Å². The summed E-state index contributed by atoms with van der Waals surface area (Å²) in [7, 11) is 0. The number of aromatic nitrogens is 6. The molecule has 1 saturated heterocycles. The molecule has 66 heavy (non-hydrogen) atoms. The van der Waals surface area contributed by atoms with Gasteiger partial charge in [-0.25, -0.2) is 18.7 Å². The number of piperazine rings is 1. The predicted molar refractivity (Wildman–Crippen MR) is 230 cm³/mol. The van der Waals surface area contributed by atoms with Gasteiger partial charge < -0.3 is 25.4 Å². The molecular weight excluding hydrogens is 890 g/mol. The molecular formula is C46H37F7N10O2S. The number of imidazole rings is 1. The second-order valence-corrected chi connectivity index (χ2v) is 18.0. The van der Waals surface area contributed by atoms with Crippen molar-refractivity contribution in [2.75, 3.05) is 36.0 Å². The lowest BCUT2D eigenvalue weighted by atomic mass is 9.73. The lowest BCUT2D eigenvalue weighted by Crippen LogP contribution is -2.46. The lowest BCUT2D eigenvalue weighted by molar-refractivity contribution is -0.144. The Morgan fingerprint density at radius 1 is 0.909 bits per heavy atom. The largest absolute Gasteiger partial charge is 0.435 e. The van der Waals surface area contributed by atoms with E-state index < -0.39 is 71.0 Å². The number of aromatic amines is 1. The molecule has 11 rings (SSSR count). The van der Waals surface area contributed by atoms with E-state index in [9.17, 15) is 31.5 Å². The summed E-state index contributed by atoms with van der Waals surface area (Å²) in [4.78, 5) is 48.7. The summed E-state index contributed by atoms with van der Waals surface area (Å²) in [6, 6.07) is 16.7. The highest BCUT2D eigenvalue weighted by Gasteiger charge is 2.63. The number of thiazole rings is 1. The Morgan fingerprint density at radius 3 is 2.35 bits per heavy atom. The van der Waals surface area contributed by atoms with E-state index in [0.717, 1.165) is 34.8 Å². The van der Waals surface area contributed by atoms with Crippen molar-refractivity contribution < 1.29 is 40.3 Å². The summed E-state index contributed by atoms with van der Waals surface area (Å²) in [5.41, 5.74) is 1.68. The molecule has 338 valence electrons. The SMILES string of the molecule is O=C(Cn1nc(C(F)(F)F)c2c1C(F)(F)[C@@H]1CC[C@H]21)N[C@@H](Cc1cc(F)cc(F)c1)c1nc2nc(N3CCN(c4ccc(-c5ncc[nH]5)cc4)CC3)sc2cc1-c1ccc2c(c1)C(=O)NC2. The number of carbonyl (C=O) groups excluding carboxylic acids is 2. The zero-order valence-corrected chi connectivity index (χ0v) is 35.4. The van der Waals surface area contributed by atoms with Crippen LogP contribution in [0.15, 0.2) is 79.1 Å². The molecule has 7 aromatic rings. The Balaban J connectivity index is 0.949.